The minimum absolute atomic E-state index is 0.0189. The topological polar surface area (TPSA) is 49.4 Å². The van der Waals surface area contributed by atoms with E-state index < -0.39 is 15.8 Å². The van der Waals surface area contributed by atoms with Gasteiger partial charge in [0.1, 0.15) is 10.7 Å². The minimum Gasteiger partial charge on any atom is -0.315 e. The van der Waals surface area contributed by atoms with Crippen LogP contribution in [0.2, 0.25) is 0 Å². The summed E-state index contributed by atoms with van der Waals surface area (Å²) in [4.78, 5) is -0.211. The van der Waals surface area contributed by atoms with Crippen LogP contribution in [0.25, 0.3) is 0 Å². The third kappa shape index (κ3) is 1.75. The van der Waals surface area contributed by atoms with E-state index in [1.54, 1.807) is 6.07 Å². The van der Waals surface area contributed by atoms with Crippen molar-refractivity contribution in [3.8, 4) is 0 Å². The van der Waals surface area contributed by atoms with Gasteiger partial charge in [-0.2, -0.15) is 4.31 Å². The number of sulfonamides is 1. The summed E-state index contributed by atoms with van der Waals surface area (Å²) in [5.41, 5.74) is 0. The van der Waals surface area contributed by atoms with Crippen LogP contribution in [0.5, 0.6) is 0 Å². The number of fused-ring (bicyclic) bond motifs is 1. The fourth-order valence-electron chi connectivity index (χ4n) is 2.89. The lowest BCUT2D eigenvalue weighted by Crippen LogP contribution is -2.39. The summed E-state index contributed by atoms with van der Waals surface area (Å²) in [6.45, 7) is 2.01. The molecule has 2 aliphatic rings. The molecule has 0 spiro atoms. The molecule has 6 heteroatoms. The van der Waals surface area contributed by atoms with Gasteiger partial charge in [0.05, 0.1) is 0 Å². The van der Waals surface area contributed by atoms with Gasteiger partial charge in [-0.1, -0.05) is 12.1 Å². The van der Waals surface area contributed by atoms with Crippen molar-refractivity contribution in [2.45, 2.75) is 17.4 Å². The summed E-state index contributed by atoms with van der Waals surface area (Å²) in [6.07, 6.45) is 0.853. The fraction of sp³-hybridized carbons (Fsp3) is 0.500. The van der Waals surface area contributed by atoms with E-state index in [4.69, 9.17) is 0 Å². The zero-order valence-electron chi connectivity index (χ0n) is 9.84. The molecule has 0 radical (unpaired) electrons. The lowest BCUT2D eigenvalue weighted by atomic mass is 10.1. The highest BCUT2D eigenvalue weighted by Crippen LogP contribution is 2.32. The Kier molecular flexibility index (Phi) is 2.88. The second-order valence-corrected chi connectivity index (χ2v) is 6.68. The molecule has 0 unspecified atom stereocenters. The molecule has 4 nitrogen and oxygen atoms in total. The first-order chi connectivity index (χ1) is 8.60. The fourth-order valence-corrected chi connectivity index (χ4v) is 4.65. The standard InChI is InChI=1S/C12H15FN2O2S/c13-10-3-1-2-4-12(10)18(16,17)15-6-5-9-7-14-8-11(9)15/h1-4,9,11,14H,5-8H2/t9-,11+/m0/s1. The van der Waals surface area contributed by atoms with Crippen LogP contribution in [0, 0.1) is 11.7 Å². The van der Waals surface area contributed by atoms with Gasteiger partial charge in [0.2, 0.25) is 10.0 Å². The molecule has 98 valence electrons. The van der Waals surface area contributed by atoms with E-state index in [0.29, 0.717) is 19.0 Å². The van der Waals surface area contributed by atoms with E-state index in [-0.39, 0.29) is 10.9 Å². The van der Waals surface area contributed by atoms with Crippen LogP contribution in [-0.4, -0.2) is 38.4 Å². The van der Waals surface area contributed by atoms with Crippen LogP contribution in [0.3, 0.4) is 0 Å². The quantitative estimate of drug-likeness (QED) is 0.865. The Hall–Kier alpha value is -0.980. The molecular formula is C12H15FN2O2S. The van der Waals surface area contributed by atoms with Crippen molar-refractivity contribution >= 4 is 10.0 Å². The van der Waals surface area contributed by atoms with Gasteiger partial charge in [0, 0.05) is 19.1 Å². The number of halogens is 1. The minimum atomic E-state index is -3.71. The molecule has 3 rings (SSSR count). The Morgan fingerprint density at radius 3 is 2.83 bits per heavy atom. The molecule has 1 aromatic carbocycles. The van der Waals surface area contributed by atoms with Gasteiger partial charge in [-0.25, -0.2) is 12.8 Å². The highest BCUT2D eigenvalue weighted by atomic mass is 32.2. The van der Waals surface area contributed by atoms with E-state index in [1.165, 1.54) is 22.5 Å². The number of benzene rings is 1. The highest BCUT2D eigenvalue weighted by Gasteiger charge is 2.44. The number of hydrogen-bond acceptors (Lipinski definition) is 3. The number of nitrogens with zero attached hydrogens (tertiary/aromatic N) is 1. The van der Waals surface area contributed by atoms with E-state index in [9.17, 15) is 12.8 Å². The maximum Gasteiger partial charge on any atom is 0.246 e. The van der Waals surface area contributed by atoms with Gasteiger partial charge in [-0.3, -0.25) is 0 Å². The van der Waals surface area contributed by atoms with Crippen molar-refractivity contribution in [2.24, 2.45) is 5.92 Å². The SMILES string of the molecule is O=S(=O)(c1ccccc1F)N1CC[C@H]2CNC[C@H]21. The molecule has 0 aliphatic carbocycles. The molecule has 2 saturated heterocycles. The number of nitrogens with one attached hydrogen (secondary N) is 1. The van der Waals surface area contributed by atoms with Gasteiger partial charge >= 0.3 is 0 Å². The van der Waals surface area contributed by atoms with Crippen LogP contribution in [0.15, 0.2) is 29.2 Å². The summed E-state index contributed by atoms with van der Waals surface area (Å²) in [5, 5.41) is 3.19. The van der Waals surface area contributed by atoms with Gasteiger partial charge in [0.25, 0.3) is 0 Å². The summed E-state index contributed by atoms with van der Waals surface area (Å²) < 4.78 is 40.0. The molecule has 2 aliphatic heterocycles. The molecular weight excluding hydrogens is 255 g/mol. The van der Waals surface area contributed by atoms with Crippen molar-refractivity contribution in [1.29, 1.82) is 0 Å². The molecule has 2 heterocycles. The molecule has 2 atom stereocenters. The lowest BCUT2D eigenvalue weighted by Gasteiger charge is -2.22. The second kappa shape index (κ2) is 4.29. The van der Waals surface area contributed by atoms with Crippen molar-refractivity contribution in [2.75, 3.05) is 19.6 Å². The third-order valence-corrected chi connectivity index (χ3v) is 5.78. The molecule has 0 aromatic heterocycles. The zero-order chi connectivity index (χ0) is 12.8. The average molecular weight is 270 g/mol. The Balaban J connectivity index is 1.98. The predicted octanol–water partition coefficient (Wildman–Crippen LogP) is 0.808. The number of rotatable bonds is 2. The summed E-state index contributed by atoms with van der Waals surface area (Å²) in [6, 6.07) is 5.55. The molecule has 0 bridgehead atoms. The van der Waals surface area contributed by atoms with Crippen molar-refractivity contribution in [3.63, 3.8) is 0 Å². The predicted molar refractivity (Wildman–Crippen MR) is 65.1 cm³/mol. The van der Waals surface area contributed by atoms with E-state index in [0.717, 1.165) is 13.0 Å². The van der Waals surface area contributed by atoms with E-state index >= 15 is 0 Å². The van der Waals surface area contributed by atoms with Gasteiger partial charge < -0.3 is 5.32 Å². The largest absolute Gasteiger partial charge is 0.315 e. The Bertz CT molecular complexity index is 561. The molecule has 1 N–H and O–H groups in total. The van der Waals surface area contributed by atoms with Crippen LogP contribution >= 0.6 is 0 Å². The van der Waals surface area contributed by atoms with Crippen molar-refractivity contribution in [1.82, 2.24) is 9.62 Å². The molecule has 1 aromatic rings. The van der Waals surface area contributed by atoms with E-state index in [1.807, 2.05) is 0 Å². The van der Waals surface area contributed by atoms with Gasteiger partial charge in [-0.05, 0) is 31.0 Å². The maximum absolute atomic E-state index is 13.7. The third-order valence-electron chi connectivity index (χ3n) is 3.82. The van der Waals surface area contributed by atoms with Crippen LogP contribution in [0.4, 0.5) is 4.39 Å². The van der Waals surface area contributed by atoms with Gasteiger partial charge in [0.15, 0.2) is 0 Å². The first kappa shape index (κ1) is 12.1. The van der Waals surface area contributed by atoms with Crippen LogP contribution in [-0.2, 0) is 10.0 Å². The maximum atomic E-state index is 13.7. The summed E-state index contributed by atoms with van der Waals surface area (Å²) >= 11 is 0. The molecule has 0 amide bonds. The summed E-state index contributed by atoms with van der Waals surface area (Å²) in [7, 11) is -3.71. The Morgan fingerprint density at radius 1 is 1.28 bits per heavy atom. The first-order valence-corrected chi connectivity index (χ1v) is 7.52. The normalized spacial score (nSPS) is 28.5. The van der Waals surface area contributed by atoms with Crippen LogP contribution in [0.1, 0.15) is 6.42 Å². The lowest BCUT2D eigenvalue weighted by molar-refractivity contribution is 0.380. The second-order valence-electron chi connectivity index (χ2n) is 4.82. The van der Waals surface area contributed by atoms with Crippen molar-refractivity contribution < 1.29 is 12.8 Å². The first-order valence-electron chi connectivity index (χ1n) is 6.08. The zero-order valence-corrected chi connectivity index (χ0v) is 10.7. The van der Waals surface area contributed by atoms with Crippen LogP contribution < -0.4 is 5.32 Å². The smallest absolute Gasteiger partial charge is 0.246 e. The highest BCUT2D eigenvalue weighted by molar-refractivity contribution is 7.89. The van der Waals surface area contributed by atoms with Gasteiger partial charge in [-0.15, -0.1) is 0 Å². The Morgan fingerprint density at radius 2 is 2.06 bits per heavy atom. The molecule has 18 heavy (non-hydrogen) atoms. The monoisotopic (exact) mass is 270 g/mol. The van der Waals surface area contributed by atoms with Crippen molar-refractivity contribution in [3.05, 3.63) is 30.1 Å². The number of hydrogen-bond donors (Lipinski definition) is 1. The molecule has 2 fully saturated rings. The Labute approximate surface area is 106 Å². The summed E-state index contributed by atoms with van der Waals surface area (Å²) in [5.74, 6) is -0.307. The molecule has 0 saturated carbocycles. The average Bonchev–Trinajstić information content (AvgIpc) is 2.90. The van der Waals surface area contributed by atoms with E-state index in [2.05, 4.69) is 5.32 Å².